The number of hydrogen-bond donors (Lipinski definition) is 3. The summed E-state index contributed by atoms with van der Waals surface area (Å²) in [5.41, 5.74) is -0.354. The van der Waals surface area contributed by atoms with Gasteiger partial charge in [-0.3, -0.25) is 4.79 Å². The zero-order valence-electron chi connectivity index (χ0n) is 13.0. The molecule has 2 amide bonds. The lowest BCUT2D eigenvalue weighted by molar-refractivity contribution is -0.141. The molecule has 0 aromatic heterocycles. The van der Waals surface area contributed by atoms with E-state index in [9.17, 15) is 9.59 Å². The Kier molecular flexibility index (Phi) is 5.39. The second kappa shape index (κ2) is 6.43. The Labute approximate surface area is 120 Å². The lowest BCUT2D eigenvalue weighted by Gasteiger charge is -2.41. The smallest absolute Gasteiger partial charge is 0.314 e. The number of carbonyl (C=O) groups is 2. The van der Waals surface area contributed by atoms with Gasteiger partial charge in [-0.15, -0.1) is 0 Å². The van der Waals surface area contributed by atoms with Crippen molar-refractivity contribution in [2.24, 2.45) is 5.41 Å². The number of likely N-dealkylation sites (N-methyl/N-ethyl adjacent to an activating group) is 1. The largest absolute Gasteiger partial charge is 0.481 e. The molecular weight excluding hydrogens is 258 g/mol. The summed E-state index contributed by atoms with van der Waals surface area (Å²) in [6, 6.07) is -0.225. The van der Waals surface area contributed by atoms with Gasteiger partial charge in [0.25, 0.3) is 0 Å². The van der Waals surface area contributed by atoms with Gasteiger partial charge in [-0.05, 0) is 46.2 Å². The summed E-state index contributed by atoms with van der Waals surface area (Å²) in [7, 11) is 3.94. The number of carboxylic acid groups (broad SMARTS) is 1. The highest BCUT2D eigenvalue weighted by Crippen LogP contribution is 2.43. The summed E-state index contributed by atoms with van der Waals surface area (Å²) in [5.74, 6) is -0.791. The SMILES string of the molecule is CN(C)C(C)(C)CNC(=O)NCC1(CC(=O)O)CCC1. The average molecular weight is 285 g/mol. The van der Waals surface area contributed by atoms with Crippen LogP contribution in [0, 0.1) is 5.41 Å². The van der Waals surface area contributed by atoms with Gasteiger partial charge in [0.15, 0.2) is 0 Å². The van der Waals surface area contributed by atoms with Crippen LogP contribution in [0.25, 0.3) is 0 Å². The van der Waals surface area contributed by atoms with Gasteiger partial charge in [0.2, 0.25) is 0 Å². The van der Waals surface area contributed by atoms with Crippen LogP contribution in [-0.2, 0) is 4.79 Å². The third-order valence-corrected chi connectivity index (χ3v) is 4.46. The minimum absolute atomic E-state index is 0.118. The van der Waals surface area contributed by atoms with Gasteiger partial charge in [0.05, 0.1) is 6.42 Å². The Morgan fingerprint density at radius 3 is 2.25 bits per heavy atom. The van der Waals surface area contributed by atoms with Crippen molar-refractivity contribution in [1.29, 1.82) is 0 Å². The molecule has 1 aliphatic rings. The highest BCUT2D eigenvalue weighted by molar-refractivity contribution is 5.74. The first kappa shape index (κ1) is 16.8. The van der Waals surface area contributed by atoms with Crippen molar-refractivity contribution in [1.82, 2.24) is 15.5 Å². The molecule has 0 unspecified atom stereocenters. The van der Waals surface area contributed by atoms with Gasteiger partial charge in [0, 0.05) is 18.6 Å². The van der Waals surface area contributed by atoms with E-state index in [-0.39, 0.29) is 23.4 Å². The van der Waals surface area contributed by atoms with Gasteiger partial charge >= 0.3 is 12.0 Å². The van der Waals surface area contributed by atoms with E-state index in [1.54, 1.807) is 0 Å². The number of amides is 2. The molecule has 116 valence electrons. The Morgan fingerprint density at radius 2 is 1.85 bits per heavy atom. The number of nitrogens with zero attached hydrogens (tertiary/aromatic N) is 1. The Morgan fingerprint density at radius 1 is 1.25 bits per heavy atom. The topological polar surface area (TPSA) is 81.7 Å². The molecule has 0 aromatic carbocycles. The fraction of sp³-hybridized carbons (Fsp3) is 0.857. The molecule has 3 N–H and O–H groups in total. The second-order valence-electron chi connectivity index (χ2n) is 6.67. The molecule has 20 heavy (non-hydrogen) atoms. The first-order valence-corrected chi connectivity index (χ1v) is 7.08. The van der Waals surface area contributed by atoms with Gasteiger partial charge < -0.3 is 20.6 Å². The summed E-state index contributed by atoms with van der Waals surface area (Å²) in [6.45, 7) is 5.07. The fourth-order valence-electron chi connectivity index (χ4n) is 2.20. The lowest BCUT2D eigenvalue weighted by Crippen LogP contribution is -2.52. The molecule has 0 radical (unpaired) electrons. The molecule has 0 bridgehead atoms. The molecule has 1 rings (SSSR count). The van der Waals surface area contributed by atoms with Gasteiger partial charge in [-0.25, -0.2) is 4.79 Å². The fourth-order valence-corrected chi connectivity index (χ4v) is 2.20. The molecular formula is C14H27N3O3. The van der Waals surface area contributed by atoms with E-state index in [4.69, 9.17) is 5.11 Å². The maximum Gasteiger partial charge on any atom is 0.314 e. The van der Waals surface area contributed by atoms with Crippen LogP contribution >= 0.6 is 0 Å². The Balaban J connectivity index is 2.34. The maximum atomic E-state index is 11.8. The van der Waals surface area contributed by atoms with Crippen molar-refractivity contribution in [3.63, 3.8) is 0 Å². The van der Waals surface area contributed by atoms with E-state index in [1.165, 1.54) is 0 Å². The van der Waals surface area contributed by atoms with Gasteiger partial charge in [0.1, 0.15) is 0 Å². The third kappa shape index (κ3) is 4.67. The van der Waals surface area contributed by atoms with E-state index < -0.39 is 5.97 Å². The van der Waals surface area contributed by atoms with Crippen LogP contribution in [-0.4, -0.2) is 54.7 Å². The molecule has 0 atom stereocenters. The summed E-state index contributed by atoms with van der Waals surface area (Å²) in [5, 5.41) is 14.6. The number of urea groups is 1. The van der Waals surface area contributed by atoms with Crippen LogP contribution in [0.1, 0.15) is 39.5 Å². The van der Waals surface area contributed by atoms with Crippen LogP contribution in [0.2, 0.25) is 0 Å². The van der Waals surface area contributed by atoms with Gasteiger partial charge in [-0.1, -0.05) is 6.42 Å². The average Bonchev–Trinajstić information content (AvgIpc) is 2.29. The zero-order valence-corrected chi connectivity index (χ0v) is 13.0. The first-order chi connectivity index (χ1) is 9.17. The highest BCUT2D eigenvalue weighted by Gasteiger charge is 2.39. The molecule has 0 aliphatic heterocycles. The quantitative estimate of drug-likeness (QED) is 0.658. The van der Waals surface area contributed by atoms with E-state index in [0.29, 0.717) is 13.1 Å². The lowest BCUT2D eigenvalue weighted by atomic mass is 9.66. The van der Waals surface area contributed by atoms with Crippen LogP contribution in [0.5, 0.6) is 0 Å². The summed E-state index contributed by atoms with van der Waals surface area (Å²) < 4.78 is 0. The minimum atomic E-state index is -0.791. The molecule has 1 saturated carbocycles. The molecule has 6 heteroatoms. The van der Waals surface area contributed by atoms with Crippen molar-refractivity contribution in [3.05, 3.63) is 0 Å². The van der Waals surface area contributed by atoms with Crippen molar-refractivity contribution in [3.8, 4) is 0 Å². The van der Waals surface area contributed by atoms with Crippen LogP contribution in [0.4, 0.5) is 4.79 Å². The molecule has 0 saturated heterocycles. The van der Waals surface area contributed by atoms with Crippen molar-refractivity contribution in [2.45, 2.75) is 45.1 Å². The number of rotatable bonds is 7. The van der Waals surface area contributed by atoms with Crippen LogP contribution < -0.4 is 10.6 Å². The Bertz CT molecular complexity index is 363. The van der Waals surface area contributed by atoms with Gasteiger partial charge in [-0.2, -0.15) is 0 Å². The number of aliphatic carboxylic acids is 1. The molecule has 0 spiro atoms. The number of hydrogen-bond acceptors (Lipinski definition) is 3. The van der Waals surface area contributed by atoms with Crippen molar-refractivity contribution >= 4 is 12.0 Å². The molecule has 6 nitrogen and oxygen atoms in total. The predicted molar refractivity (Wildman–Crippen MR) is 77.7 cm³/mol. The van der Waals surface area contributed by atoms with Crippen molar-refractivity contribution < 1.29 is 14.7 Å². The van der Waals surface area contributed by atoms with Crippen LogP contribution in [0.15, 0.2) is 0 Å². The molecule has 1 aliphatic carbocycles. The van der Waals surface area contributed by atoms with E-state index in [1.807, 2.05) is 32.8 Å². The normalized spacial score (nSPS) is 17.4. The van der Waals surface area contributed by atoms with Crippen molar-refractivity contribution in [2.75, 3.05) is 27.2 Å². The standard InChI is InChI=1S/C14H27N3O3/c1-13(2,17(3)4)9-15-12(20)16-10-14(6-5-7-14)8-11(18)19/h5-10H2,1-4H3,(H,18,19)(H2,15,16,20). The molecule has 1 fully saturated rings. The third-order valence-electron chi connectivity index (χ3n) is 4.46. The molecule has 0 heterocycles. The first-order valence-electron chi connectivity index (χ1n) is 7.08. The number of carbonyl (C=O) groups excluding carboxylic acids is 1. The minimum Gasteiger partial charge on any atom is -0.481 e. The second-order valence-corrected chi connectivity index (χ2v) is 6.67. The Hall–Kier alpha value is -1.30. The number of carboxylic acids is 1. The molecule has 0 aromatic rings. The van der Waals surface area contributed by atoms with E-state index in [0.717, 1.165) is 19.3 Å². The summed E-state index contributed by atoms with van der Waals surface area (Å²) in [6.07, 6.45) is 2.94. The van der Waals surface area contributed by atoms with E-state index in [2.05, 4.69) is 10.6 Å². The monoisotopic (exact) mass is 285 g/mol. The van der Waals surface area contributed by atoms with Crippen LogP contribution in [0.3, 0.4) is 0 Å². The number of nitrogens with one attached hydrogen (secondary N) is 2. The summed E-state index contributed by atoms with van der Waals surface area (Å²) in [4.78, 5) is 24.7. The summed E-state index contributed by atoms with van der Waals surface area (Å²) >= 11 is 0. The van der Waals surface area contributed by atoms with E-state index >= 15 is 0 Å². The predicted octanol–water partition coefficient (Wildman–Crippen LogP) is 1.27. The maximum absolute atomic E-state index is 11.8. The highest BCUT2D eigenvalue weighted by atomic mass is 16.4. The zero-order chi connectivity index (χ0) is 15.4.